The van der Waals surface area contributed by atoms with Crippen molar-refractivity contribution >= 4 is 0 Å². The summed E-state index contributed by atoms with van der Waals surface area (Å²) in [6, 6.07) is 10.6. The third-order valence-corrected chi connectivity index (χ3v) is 3.17. The van der Waals surface area contributed by atoms with Gasteiger partial charge in [-0.05, 0) is 25.1 Å². The number of aliphatic hydroxyl groups excluding tert-OH is 1. The molecule has 3 heteroatoms. The molecule has 0 aliphatic heterocycles. The average molecular weight is 264 g/mol. The van der Waals surface area contributed by atoms with Gasteiger partial charge in [0.15, 0.2) is 0 Å². The first kappa shape index (κ1) is 16.2. The molecule has 0 aromatic heterocycles. The van der Waals surface area contributed by atoms with E-state index >= 15 is 0 Å². The van der Waals surface area contributed by atoms with E-state index in [9.17, 15) is 0 Å². The first-order valence-corrected chi connectivity index (χ1v) is 6.95. The van der Waals surface area contributed by atoms with Crippen molar-refractivity contribution in [1.82, 2.24) is 9.80 Å². The smallest absolute Gasteiger partial charge is 0.0558 e. The van der Waals surface area contributed by atoms with Crippen molar-refractivity contribution < 1.29 is 5.11 Å². The summed E-state index contributed by atoms with van der Waals surface area (Å²) in [5, 5.41) is 8.96. The molecule has 3 nitrogen and oxygen atoms in total. The Morgan fingerprint density at radius 3 is 2.16 bits per heavy atom. The molecule has 1 rings (SSSR count). The lowest BCUT2D eigenvalue weighted by atomic mass is 9.92. The molecule has 1 aromatic rings. The minimum Gasteiger partial charge on any atom is -0.395 e. The molecule has 0 radical (unpaired) electrons. The zero-order valence-electron chi connectivity index (χ0n) is 12.8. The summed E-state index contributed by atoms with van der Waals surface area (Å²) in [6.07, 6.45) is 0. The molecule has 0 aliphatic carbocycles. The molecule has 0 bridgehead atoms. The SMILES string of the molecule is CN(CCO)CC(C)(C)CN(C)Cc1ccccc1. The molecule has 0 fully saturated rings. The van der Waals surface area contributed by atoms with E-state index in [-0.39, 0.29) is 12.0 Å². The lowest BCUT2D eigenvalue weighted by Gasteiger charge is -2.33. The first-order valence-electron chi connectivity index (χ1n) is 6.95. The molecule has 0 heterocycles. The van der Waals surface area contributed by atoms with Crippen LogP contribution in [0, 0.1) is 5.41 Å². The Morgan fingerprint density at radius 1 is 1.00 bits per heavy atom. The summed E-state index contributed by atoms with van der Waals surface area (Å²) < 4.78 is 0. The average Bonchev–Trinajstić information content (AvgIpc) is 2.28. The Hall–Kier alpha value is -0.900. The predicted molar refractivity (Wildman–Crippen MR) is 81.1 cm³/mol. The zero-order chi connectivity index (χ0) is 14.3. The standard InChI is InChI=1S/C16H28N2O/c1-16(2,13-17(3)10-11-19)14-18(4)12-15-8-6-5-7-9-15/h5-9,19H,10-14H2,1-4H3. The first-order chi connectivity index (χ1) is 8.93. The number of aliphatic hydroxyl groups is 1. The number of hydrogen-bond acceptors (Lipinski definition) is 3. The molecular weight excluding hydrogens is 236 g/mol. The molecule has 0 saturated heterocycles. The topological polar surface area (TPSA) is 26.7 Å². The van der Waals surface area contributed by atoms with Crippen LogP contribution in [0.25, 0.3) is 0 Å². The van der Waals surface area contributed by atoms with Gasteiger partial charge in [0.2, 0.25) is 0 Å². The van der Waals surface area contributed by atoms with Crippen LogP contribution in [0.1, 0.15) is 19.4 Å². The summed E-state index contributed by atoms with van der Waals surface area (Å²) in [4.78, 5) is 4.55. The molecule has 0 atom stereocenters. The van der Waals surface area contributed by atoms with Crippen LogP contribution in [0.15, 0.2) is 30.3 Å². The molecule has 1 N–H and O–H groups in total. The monoisotopic (exact) mass is 264 g/mol. The largest absolute Gasteiger partial charge is 0.395 e. The zero-order valence-corrected chi connectivity index (χ0v) is 12.8. The number of benzene rings is 1. The summed E-state index contributed by atoms with van der Waals surface area (Å²) >= 11 is 0. The number of likely N-dealkylation sites (N-methyl/N-ethyl adjacent to an activating group) is 1. The molecule has 1 aromatic carbocycles. The van der Waals surface area contributed by atoms with Crippen molar-refractivity contribution in [1.29, 1.82) is 0 Å². The Balaban J connectivity index is 2.43. The van der Waals surface area contributed by atoms with Gasteiger partial charge < -0.3 is 14.9 Å². The van der Waals surface area contributed by atoms with Crippen molar-refractivity contribution in [3.05, 3.63) is 35.9 Å². The van der Waals surface area contributed by atoms with Gasteiger partial charge in [0.1, 0.15) is 0 Å². The van der Waals surface area contributed by atoms with Gasteiger partial charge in [0.25, 0.3) is 0 Å². The Kier molecular flexibility index (Phi) is 6.49. The molecule has 0 spiro atoms. The van der Waals surface area contributed by atoms with Crippen LogP contribution in [-0.2, 0) is 6.54 Å². The highest BCUT2D eigenvalue weighted by Gasteiger charge is 2.22. The Morgan fingerprint density at radius 2 is 1.58 bits per heavy atom. The number of hydrogen-bond donors (Lipinski definition) is 1. The third-order valence-electron chi connectivity index (χ3n) is 3.17. The predicted octanol–water partition coefficient (Wildman–Crippen LogP) is 2.07. The van der Waals surface area contributed by atoms with E-state index in [0.717, 1.165) is 26.2 Å². The van der Waals surface area contributed by atoms with E-state index in [0.29, 0.717) is 0 Å². The molecule has 0 unspecified atom stereocenters. The highest BCUT2D eigenvalue weighted by atomic mass is 16.3. The summed E-state index contributed by atoms with van der Waals surface area (Å²) in [6.45, 7) is 8.54. The van der Waals surface area contributed by atoms with Gasteiger partial charge in [0, 0.05) is 26.2 Å². The number of rotatable bonds is 8. The number of nitrogens with zero attached hydrogens (tertiary/aromatic N) is 2. The van der Waals surface area contributed by atoms with E-state index in [4.69, 9.17) is 5.11 Å². The van der Waals surface area contributed by atoms with E-state index in [1.54, 1.807) is 0 Å². The van der Waals surface area contributed by atoms with Gasteiger partial charge in [-0.25, -0.2) is 0 Å². The van der Waals surface area contributed by atoms with E-state index < -0.39 is 0 Å². The third kappa shape index (κ3) is 6.71. The van der Waals surface area contributed by atoms with E-state index in [1.807, 2.05) is 0 Å². The second-order valence-corrected chi connectivity index (χ2v) is 6.28. The maximum Gasteiger partial charge on any atom is 0.0558 e. The highest BCUT2D eigenvalue weighted by molar-refractivity contribution is 5.14. The van der Waals surface area contributed by atoms with Gasteiger partial charge >= 0.3 is 0 Å². The summed E-state index contributed by atoms with van der Waals surface area (Å²) in [7, 11) is 4.23. The highest BCUT2D eigenvalue weighted by Crippen LogP contribution is 2.18. The van der Waals surface area contributed by atoms with Crippen molar-refractivity contribution in [3.8, 4) is 0 Å². The Labute approximate surface area is 117 Å². The van der Waals surface area contributed by atoms with Crippen LogP contribution >= 0.6 is 0 Å². The molecule has 0 amide bonds. The molecular formula is C16H28N2O. The van der Waals surface area contributed by atoms with Crippen LogP contribution in [0.2, 0.25) is 0 Å². The fourth-order valence-corrected chi connectivity index (χ4v) is 2.71. The lowest BCUT2D eigenvalue weighted by molar-refractivity contribution is 0.131. The van der Waals surface area contributed by atoms with Gasteiger partial charge in [-0.1, -0.05) is 44.2 Å². The lowest BCUT2D eigenvalue weighted by Crippen LogP contribution is -2.40. The van der Waals surface area contributed by atoms with Crippen molar-refractivity contribution in [2.75, 3.05) is 40.3 Å². The van der Waals surface area contributed by atoms with Crippen LogP contribution in [-0.4, -0.2) is 55.2 Å². The summed E-state index contributed by atoms with van der Waals surface area (Å²) in [5.41, 5.74) is 1.57. The second kappa shape index (κ2) is 7.63. The summed E-state index contributed by atoms with van der Waals surface area (Å²) in [5.74, 6) is 0. The fraction of sp³-hybridized carbons (Fsp3) is 0.625. The minimum absolute atomic E-state index is 0.216. The van der Waals surface area contributed by atoms with Gasteiger partial charge in [-0.3, -0.25) is 0 Å². The van der Waals surface area contributed by atoms with Crippen LogP contribution in [0.3, 0.4) is 0 Å². The molecule has 108 valence electrons. The Bertz CT molecular complexity index is 351. The van der Waals surface area contributed by atoms with E-state index in [2.05, 4.69) is 68.1 Å². The van der Waals surface area contributed by atoms with Crippen LogP contribution < -0.4 is 0 Å². The second-order valence-electron chi connectivity index (χ2n) is 6.28. The van der Waals surface area contributed by atoms with Crippen molar-refractivity contribution in [3.63, 3.8) is 0 Å². The van der Waals surface area contributed by atoms with Crippen LogP contribution in [0.5, 0.6) is 0 Å². The van der Waals surface area contributed by atoms with Crippen molar-refractivity contribution in [2.45, 2.75) is 20.4 Å². The van der Waals surface area contributed by atoms with Crippen LogP contribution in [0.4, 0.5) is 0 Å². The van der Waals surface area contributed by atoms with Crippen molar-refractivity contribution in [2.24, 2.45) is 5.41 Å². The van der Waals surface area contributed by atoms with Gasteiger partial charge in [0.05, 0.1) is 6.61 Å². The molecule has 0 aliphatic rings. The molecule has 19 heavy (non-hydrogen) atoms. The fourth-order valence-electron chi connectivity index (χ4n) is 2.71. The van der Waals surface area contributed by atoms with Gasteiger partial charge in [-0.15, -0.1) is 0 Å². The van der Waals surface area contributed by atoms with Gasteiger partial charge in [-0.2, -0.15) is 0 Å². The maximum absolute atomic E-state index is 8.96. The maximum atomic E-state index is 8.96. The minimum atomic E-state index is 0.216. The quantitative estimate of drug-likeness (QED) is 0.778. The molecule has 0 saturated carbocycles. The normalized spacial score (nSPS) is 12.4. The van der Waals surface area contributed by atoms with E-state index in [1.165, 1.54) is 5.56 Å².